The zero-order valence-corrected chi connectivity index (χ0v) is 14.6. The van der Waals surface area contributed by atoms with Gasteiger partial charge in [-0.3, -0.25) is 9.59 Å². The molecule has 5 nitrogen and oxygen atoms in total. The van der Waals surface area contributed by atoms with Gasteiger partial charge >= 0.3 is 11.9 Å². The molecule has 2 aromatic rings. The monoisotopic (exact) mass is 330 g/mol. The summed E-state index contributed by atoms with van der Waals surface area (Å²) in [5.41, 5.74) is 0.727. The summed E-state index contributed by atoms with van der Waals surface area (Å²) in [6.45, 7) is 6.75. The molecule has 5 heteroatoms. The lowest BCUT2D eigenvalue weighted by Gasteiger charge is -2.22. The van der Waals surface area contributed by atoms with Gasteiger partial charge in [0.25, 0.3) is 0 Å². The highest BCUT2D eigenvalue weighted by molar-refractivity contribution is 6.00. The Morgan fingerprint density at radius 1 is 0.958 bits per heavy atom. The lowest BCUT2D eigenvalue weighted by atomic mass is 9.92. The molecule has 0 aromatic heterocycles. The van der Waals surface area contributed by atoms with Gasteiger partial charge in [-0.15, -0.1) is 0 Å². The molecule has 128 valence electrons. The van der Waals surface area contributed by atoms with E-state index in [1.54, 1.807) is 0 Å². The number of rotatable bonds is 5. The molecular weight excluding hydrogens is 308 g/mol. The summed E-state index contributed by atoms with van der Waals surface area (Å²) < 4.78 is 16.5. The average Bonchev–Trinajstić information content (AvgIpc) is 2.55. The predicted molar refractivity (Wildman–Crippen MR) is 91.8 cm³/mol. The van der Waals surface area contributed by atoms with Crippen LogP contribution in [0.3, 0.4) is 0 Å². The maximum Gasteiger partial charge on any atom is 0.308 e. The summed E-state index contributed by atoms with van der Waals surface area (Å²) in [5, 5.41) is 1.37. The van der Waals surface area contributed by atoms with E-state index < -0.39 is 11.9 Å². The largest absolute Gasteiger partial charge is 0.492 e. The van der Waals surface area contributed by atoms with Gasteiger partial charge in [-0.1, -0.05) is 38.1 Å². The first-order valence-electron chi connectivity index (χ1n) is 7.90. The molecule has 0 amide bonds. The van der Waals surface area contributed by atoms with E-state index in [0.29, 0.717) is 28.0 Å². The number of carbonyl (C=O) groups excluding carboxylic acids is 2. The van der Waals surface area contributed by atoms with E-state index in [4.69, 9.17) is 14.2 Å². The van der Waals surface area contributed by atoms with Crippen molar-refractivity contribution in [2.75, 3.05) is 7.11 Å². The quantitative estimate of drug-likeness (QED) is 0.607. The highest BCUT2D eigenvalue weighted by Crippen LogP contribution is 2.49. The van der Waals surface area contributed by atoms with E-state index in [0.717, 1.165) is 12.0 Å². The van der Waals surface area contributed by atoms with Gasteiger partial charge in [0, 0.05) is 30.2 Å². The standard InChI is InChI=1S/C19H22O5/c1-6-11(2)16-17(23-12(3)20)14-9-7-8-10-15(14)18(19(16)22-5)24-13(4)21/h7-11H,6H2,1-5H3. The first-order chi connectivity index (χ1) is 11.4. The van der Waals surface area contributed by atoms with Crippen LogP contribution in [-0.2, 0) is 9.59 Å². The molecule has 0 bridgehead atoms. The normalized spacial score (nSPS) is 11.9. The van der Waals surface area contributed by atoms with E-state index in [1.165, 1.54) is 21.0 Å². The molecule has 0 N–H and O–H groups in total. The molecule has 24 heavy (non-hydrogen) atoms. The highest BCUT2D eigenvalue weighted by Gasteiger charge is 2.27. The van der Waals surface area contributed by atoms with Crippen molar-refractivity contribution in [3.8, 4) is 17.2 Å². The van der Waals surface area contributed by atoms with Crippen molar-refractivity contribution in [2.45, 2.75) is 40.0 Å². The summed E-state index contributed by atoms with van der Waals surface area (Å²) in [7, 11) is 1.51. The van der Waals surface area contributed by atoms with Gasteiger partial charge < -0.3 is 14.2 Å². The van der Waals surface area contributed by atoms with E-state index in [2.05, 4.69) is 0 Å². The van der Waals surface area contributed by atoms with Crippen molar-refractivity contribution >= 4 is 22.7 Å². The van der Waals surface area contributed by atoms with E-state index in [-0.39, 0.29) is 5.92 Å². The van der Waals surface area contributed by atoms with Crippen LogP contribution in [0.15, 0.2) is 24.3 Å². The number of ether oxygens (including phenoxy) is 3. The topological polar surface area (TPSA) is 61.8 Å². The lowest BCUT2D eigenvalue weighted by Crippen LogP contribution is -2.11. The Hall–Kier alpha value is -2.56. The van der Waals surface area contributed by atoms with Crippen LogP contribution in [0.1, 0.15) is 45.6 Å². The third-order valence-electron chi connectivity index (χ3n) is 3.91. The average molecular weight is 330 g/mol. The third kappa shape index (κ3) is 3.35. The number of fused-ring (bicyclic) bond motifs is 1. The van der Waals surface area contributed by atoms with Gasteiger partial charge in [0.05, 0.1) is 7.11 Å². The predicted octanol–water partition coefficient (Wildman–Crippen LogP) is 4.21. The molecule has 1 unspecified atom stereocenters. The van der Waals surface area contributed by atoms with Crippen molar-refractivity contribution < 1.29 is 23.8 Å². The number of hydrogen-bond donors (Lipinski definition) is 0. The molecule has 0 saturated heterocycles. The summed E-state index contributed by atoms with van der Waals surface area (Å²) in [6.07, 6.45) is 0.808. The van der Waals surface area contributed by atoms with Crippen molar-refractivity contribution in [3.63, 3.8) is 0 Å². The molecule has 0 aliphatic heterocycles. The summed E-state index contributed by atoms with van der Waals surface area (Å²) in [5.74, 6) is 0.440. The highest BCUT2D eigenvalue weighted by atomic mass is 16.6. The maximum absolute atomic E-state index is 11.6. The Kier molecular flexibility index (Phi) is 5.44. The SMILES string of the molecule is CCC(C)c1c(OC)c(OC(C)=O)c2ccccc2c1OC(C)=O. The molecule has 0 spiro atoms. The number of benzene rings is 2. The molecular formula is C19H22O5. The molecule has 0 fully saturated rings. The number of esters is 2. The summed E-state index contributed by atoms with van der Waals surface area (Å²) >= 11 is 0. The van der Waals surface area contributed by atoms with Gasteiger partial charge in [0.15, 0.2) is 11.5 Å². The maximum atomic E-state index is 11.6. The van der Waals surface area contributed by atoms with E-state index in [9.17, 15) is 9.59 Å². The Labute approximate surface area is 141 Å². The van der Waals surface area contributed by atoms with Crippen molar-refractivity contribution in [2.24, 2.45) is 0 Å². The molecule has 2 rings (SSSR count). The second kappa shape index (κ2) is 7.34. The van der Waals surface area contributed by atoms with Gasteiger partial charge in [-0.25, -0.2) is 0 Å². The fourth-order valence-corrected chi connectivity index (χ4v) is 2.73. The fraction of sp³-hybridized carbons (Fsp3) is 0.368. The van der Waals surface area contributed by atoms with Crippen molar-refractivity contribution in [3.05, 3.63) is 29.8 Å². The van der Waals surface area contributed by atoms with E-state index >= 15 is 0 Å². The van der Waals surface area contributed by atoms with Crippen molar-refractivity contribution in [1.29, 1.82) is 0 Å². The Morgan fingerprint density at radius 3 is 1.92 bits per heavy atom. The minimum absolute atomic E-state index is 0.0493. The van der Waals surface area contributed by atoms with Gasteiger partial charge in [-0.05, 0) is 12.3 Å². The fourth-order valence-electron chi connectivity index (χ4n) is 2.73. The first-order valence-corrected chi connectivity index (χ1v) is 7.90. The van der Waals surface area contributed by atoms with Crippen LogP contribution in [0.2, 0.25) is 0 Å². The molecule has 0 aliphatic carbocycles. The first kappa shape index (κ1) is 17.8. The number of carbonyl (C=O) groups is 2. The second-order valence-corrected chi connectivity index (χ2v) is 5.65. The minimum Gasteiger partial charge on any atom is -0.492 e. The van der Waals surface area contributed by atoms with Crippen LogP contribution >= 0.6 is 0 Å². The van der Waals surface area contributed by atoms with Crippen LogP contribution < -0.4 is 14.2 Å². The van der Waals surface area contributed by atoms with Crippen LogP contribution in [0.4, 0.5) is 0 Å². The van der Waals surface area contributed by atoms with Crippen LogP contribution in [0, 0.1) is 0 Å². The third-order valence-corrected chi connectivity index (χ3v) is 3.91. The van der Waals surface area contributed by atoms with Gasteiger partial charge in [0.2, 0.25) is 0 Å². The summed E-state index contributed by atoms with van der Waals surface area (Å²) in [4.78, 5) is 23.2. The van der Waals surface area contributed by atoms with Gasteiger partial charge in [0.1, 0.15) is 5.75 Å². The van der Waals surface area contributed by atoms with Crippen LogP contribution in [0.25, 0.3) is 10.8 Å². The van der Waals surface area contributed by atoms with Crippen LogP contribution in [0.5, 0.6) is 17.2 Å². The Balaban J connectivity index is 2.95. The Bertz CT molecular complexity index is 779. The molecule has 0 radical (unpaired) electrons. The zero-order chi connectivity index (χ0) is 17.9. The second-order valence-electron chi connectivity index (χ2n) is 5.65. The number of hydrogen-bond acceptors (Lipinski definition) is 5. The summed E-state index contributed by atoms with van der Waals surface area (Å²) in [6, 6.07) is 7.32. The Morgan fingerprint density at radius 2 is 1.46 bits per heavy atom. The zero-order valence-electron chi connectivity index (χ0n) is 14.6. The van der Waals surface area contributed by atoms with E-state index in [1.807, 2.05) is 38.1 Å². The van der Waals surface area contributed by atoms with Crippen LogP contribution in [-0.4, -0.2) is 19.0 Å². The molecule has 2 aromatic carbocycles. The lowest BCUT2D eigenvalue weighted by molar-refractivity contribution is -0.133. The smallest absolute Gasteiger partial charge is 0.308 e. The molecule has 1 atom stereocenters. The van der Waals surface area contributed by atoms with Gasteiger partial charge in [-0.2, -0.15) is 0 Å². The van der Waals surface area contributed by atoms with Crippen molar-refractivity contribution in [1.82, 2.24) is 0 Å². The minimum atomic E-state index is -0.436. The molecule has 0 saturated carbocycles. The number of methoxy groups -OCH3 is 1. The molecule has 0 aliphatic rings. The molecule has 0 heterocycles.